The van der Waals surface area contributed by atoms with E-state index in [2.05, 4.69) is 15.0 Å². The number of halogens is 3. The minimum absolute atomic E-state index is 0.0685. The molecule has 8 nitrogen and oxygen atoms in total. The zero-order valence-corrected chi connectivity index (χ0v) is 22.3. The van der Waals surface area contributed by atoms with E-state index in [-0.39, 0.29) is 29.6 Å². The van der Waals surface area contributed by atoms with E-state index in [4.69, 9.17) is 14.7 Å². The quantitative estimate of drug-likeness (QED) is 0.464. The number of hydrogen-bond donors (Lipinski definition) is 0. The number of alkyl halides is 3. The number of aryl methyl sites for hydroxylation is 2. The molecule has 0 aromatic carbocycles. The first-order valence-electron chi connectivity index (χ1n) is 13.5. The maximum atomic E-state index is 13.5. The Morgan fingerprint density at radius 1 is 1.00 bits per heavy atom. The lowest BCUT2D eigenvalue weighted by Gasteiger charge is -2.34. The van der Waals surface area contributed by atoms with Gasteiger partial charge in [0, 0.05) is 37.9 Å². The van der Waals surface area contributed by atoms with Crippen LogP contribution in [0.3, 0.4) is 0 Å². The molecule has 11 heteroatoms. The highest BCUT2D eigenvalue weighted by atomic mass is 19.4. The summed E-state index contributed by atoms with van der Waals surface area (Å²) < 4.78 is 48.2. The van der Waals surface area contributed by atoms with E-state index in [1.54, 1.807) is 10.7 Å². The van der Waals surface area contributed by atoms with Crippen molar-refractivity contribution in [3.8, 4) is 0 Å². The molecule has 3 atom stereocenters. The highest BCUT2D eigenvalue weighted by Crippen LogP contribution is 2.50. The Morgan fingerprint density at radius 3 is 2.46 bits per heavy atom. The third kappa shape index (κ3) is 4.70. The number of rotatable bonds is 4. The number of pyridine rings is 1. The van der Waals surface area contributed by atoms with Crippen LogP contribution in [0.25, 0.3) is 16.7 Å². The lowest BCUT2D eigenvalue weighted by Crippen LogP contribution is -2.39. The summed E-state index contributed by atoms with van der Waals surface area (Å²) in [5.41, 5.74) is 4.41. The Labute approximate surface area is 223 Å². The lowest BCUT2D eigenvalue weighted by atomic mass is 9.76. The third-order valence-corrected chi connectivity index (χ3v) is 8.37. The number of aromatic nitrogens is 5. The highest BCUT2D eigenvalue weighted by molar-refractivity contribution is 5.88. The lowest BCUT2D eigenvalue weighted by molar-refractivity contribution is -0.166. The number of allylic oxidation sites excluding steroid dienone is 2. The molecule has 5 heterocycles. The van der Waals surface area contributed by atoms with Crippen LogP contribution in [0.2, 0.25) is 0 Å². The SMILES string of the molecule is CC1=C(c2nc(C3CCOC(c4ccc(=O)n(N5CCCC5)c4)C3)nc3nc(C)c(C)nc23)CC1C(F)(F)F. The average molecular weight is 541 g/mol. The van der Waals surface area contributed by atoms with Gasteiger partial charge in [0.15, 0.2) is 5.65 Å². The zero-order valence-electron chi connectivity index (χ0n) is 22.3. The van der Waals surface area contributed by atoms with Crippen LogP contribution in [0.4, 0.5) is 13.2 Å². The van der Waals surface area contributed by atoms with Crippen LogP contribution in [0.1, 0.15) is 79.5 Å². The van der Waals surface area contributed by atoms with Gasteiger partial charge in [-0.2, -0.15) is 13.2 Å². The van der Waals surface area contributed by atoms with E-state index >= 15 is 0 Å². The molecule has 6 rings (SSSR count). The smallest absolute Gasteiger partial charge is 0.373 e. The van der Waals surface area contributed by atoms with Crippen molar-refractivity contribution in [2.45, 2.75) is 71.1 Å². The second kappa shape index (κ2) is 9.69. The van der Waals surface area contributed by atoms with Crippen LogP contribution in [0.5, 0.6) is 0 Å². The highest BCUT2D eigenvalue weighted by Gasteiger charge is 2.48. The monoisotopic (exact) mass is 540 g/mol. The molecule has 3 aromatic heterocycles. The molecular formula is C28H31F3N6O2. The van der Waals surface area contributed by atoms with Gasteiger partial charge in [-0.15, -0.1) is 0 Å². The molecule has 2 aliphatic heterocycles. The van der Waals surface area contributed by atoms with Crippen LogP contribution < -0.4 is 10.6 Å². The minimum Gasteiger partial charge on any atom is -0.373 e. The van der Waals surface area contributed by atoms with Gasteiger partial charge in [-0.05, 0) is 70.1 Å². The molecule has 0 radical (unpaired) electrons. The standard InChI is InChI=1S/C28H31F3N6O2/c1-15-20(13-21(15)28(29,30)31)24-25-27(33-17(3)16(2)32-25)35-26(34-24)18-8-11-39-22(12-18)19-6-7-23(38)37(14-19)36-9-4-5-10-36/h6-7,14,18,21-22H,4-5,8-13H2,1-3H3. The molecule has 0 N–H and O–H groups in total. The van der Waals surface area contributed by atoms with Crippen LogP contribution in [-0.4, -0.2) is 50.5 Å². The van der Waals surface area contributed by atoms with E-state index in [9.17, 15) is 18.0 Å². The average Bonchev–Trinajstić information content (AvgIpc) is 3.43. The molecule has 3 unspecified atom stereocenters. The Hall–Kier alpha value is -3.34. The zero-order chi connectivity index (χ0) is 27.5. The van der Waals surface area contributed by atoms with Gasteiger partial charge in [0.25, 0.3) is 5.56 Å². The normalized spacial score (nSPS) is 23.9. The summed E-state index contributed by atoms with van der Waals surface area (Å²) in [6.45, 7) is 7.36. The molecule has 0 amide bonds. The van der Waals surface area contributed by atoms with Crippen molar-refractivity contribution in [1.82, 2.24) is 24.6 Å². The van der Waals surface area contributed by atoms with Crippen molar-refractivity contribution < 1.29 is 17.9 Å². The second-order valence-electron chi connectivity index (χ2n) is 10.8. The molecule has 0 saturated carbocycles. The molecule has 2 saturated heterocycles. The summed E-state index contributed by atoms with van der Waals surface area (Å²) in [6.07, 6.45) is 0.584. The summed E-state index contributed by atoms with van der Waals surface area (Å²) >= 11 is 0. The van der Waals surface area contributed by atoms with Crippen molar-refractivity contribution in [3.05, 3.63) is 62.7 Å². The fourth-order valence-corrected chi connectivity index (χ4v) is 5.85. The summed E-state index contributed by atoms with van der Waals surface area (Å²) in [5, 5.41) is 2.05. The van der Waals surface area contributed by atoms with E-state index in [1.807, 2.05) is 26.1 Å². The van der Waals surface area contributed by atoms with Crippen LogP contribution in [-0.2, 0) is 4.74 Å². The van der Waals surface area contributed by atoms with Gasteiger partial charge in [0.2, 0.25) is 0 Å². The van der Waals surface area contributed by atoms with Crippen molar-refractivity contribution in [2.75, 3.05) is 24.7 Å². The van der Waals surface area contributed by atoms with Crippen LogP contribution in [0, 0.1) is 19.8 Å². The Balaban J connectivity index is 1.36. The van der Waals surface area contributed by atoms with Gasteiger partial charge in [0.05, 0.1) is 29.1 Å². The third-order valence-electron chi connectivity index (χ3n) is 8.37. The van der Waals surface area contributed by atoms with E-state index in [0.29, 0.717) is 53.4 Å². The van der Waals surface area contributed by atoms with E-state index in [0.717, 1.165) is 37.2 Å². The van der Waals surface area contributed by atoms with Gasteiger partial charge in [-0.3, -0.25) is 4.79 Å². The molecule has 2 fully saturated rings. The molecule has 0 bridgehead atoms. The Bertz CT molecular complexity index is 1530. The van der Waals surface area contributed by atoms with Crippen molar-refractivity contribution in [2.24, 2.45) is 5.92 Å². The molecule has 1 aliphatic carbocycles. The fourth-order valence-electron chi connectivity index (χ4n) is 5.85. The summed E-state index contributed by atoms with van der Waals surface area (Å²) in [5.74, 6) is -0.993. The van der Waals surface area contributed by atoms with Crippen LogP contribution in [0.15, 0.2) is 28.7 Å². The van der Waals surface area contributed by atoms with Crippen molar-refractivity contribution >= 4 is 16.7 Å². The van der Waals surface area contributed by atoms with E-state index in [1.165, 1.54) is 6.92 Å². The number of ether oxygens (including phenoxy) is 1. The molecule has 39 heavy (non-hydrogen) atoms. The number of fused-ring (bicyclic) bond motifs is 1. The Kier molecular flexibility index (Phi) is 6.44. The maximum absolute atomic E-state index is 13.5. The predicted molar refractivity (Wildman–Crippen MR) is 140 cm³/mol. The molecule has 3 aliphatic rings. The molecule has 206 valence electrons. The van der Waals surface area contributed by atoms with Gasteiger partial charge >= 0.3 is 6.18 Å². The van der Waals surface area contributed by atoms with Gasteiger partial charge in [-0.1, -0.05) is 5.57 Å². The number of nitrogens with zero attached hydrogens (tertiary/aromatic N) is 6. The van der Waals surface area contributed by atoms with E-state index < -0.39 is 12.1 Å². The first kappa shape index (κ1) is 25.9. The summed E-state index contributed by atoms with van der Waals surface area (Å²) in [6, 6.07) is 3.39. The van der Waals surface area contributed by atoms with Gasteiger partial charge in [0.1, 0.15) is 11.3 Å². The summed E-state index contributed by atoms with van der Waals surface area (Å²) in [4.78, 5) is 31.4. The maximum Gasteiger partial charge on any atom is 0.395 e. The molecular weight excluding hydrogens is 509 g/mol. The number of hydrogen-bond acceptors (Lipinski definition) is 7. The first-order chi connectivity index (χ1) is 18.6. The predicted octanol–water partition coefficient (Wildman–Crippen LogP) is 4.92. The van der Waals surface area contributed by atoms with Crippen molar-refractivity contribution in [3.63, 3.8) is 0 Å². The molecule has 3 aromatic rings. The fraction of sp³-hybridized carbons (Fsp3) is 0.536. The second-order valence-corrected chi connectivity index (χ2v) is 10.8. The van der Waals surface area contributed by atoms with Crippen molar-refractivity contribution in [1.29, 1.82) is 0 Å². The van der Waals surface area contributed by atoms with Crippen LogP contribution >= 0.6 is 0 Å². The minimum atomic E-state index is -4.28. The first-order valence-corrected chi connectivity index (χ1v) is 13.5. The topological polar surface area (TPSA) is 86.0 Å². The summed E-state index contributed by atoms with van der Waals surface area (Å²) in [7, 11) is 0. The van der Waals surface area contributed by atoms with Gasteiger partial charge in [-0.25, -0.2) is 24.6 Å². The Morgan fingerprint density at radius 2 is 1.74 bits per heavy atom. The molecule has 0 spiro atoms. The van der Waals surface area contributed by atoms with Gasteiger partial charge < -0.3 is 9.75 Å². The largest absolute Gasteiger partial charge is 0.395 e.